The number of aromatic hydroxyl groups is 1. The molecule has 4 unspecified atom stereocenters. The number of piperidine rings is 1. The highest BCUT2D eigenvalue weighted by Gasteiger charge is 2.73. The highest BCUT2D eigenvalue weighted by Crippen LogP contribution is 2.62. The van der Waals surface area contributed by atoms with E-state index in [1.165, 1.54) is 12.8 Å². The minimum Gasteiger partial charge on any atom is -0.504 e. The molecule has 1 spiro atoms. The molecule has 0 aromatic heterocycles. The van der Waals surface area contributed by atoms with Gasteiger partial charge in [-0.15, -0.1) is 0 Å². The fourth-order valence-corrected chi connectivity index (χ4v) is 6.48. The average Bonchev–Trinajstić information content (AvgIpc) is 3.35. The van der Waals surface area contributed by atoms with E-state index < -0.39 is 17.1 Å². The lowest BCUT2D eigenvalue weighted by Gasteiger charge is -2.61. The number of Topliss-reactive ketones (excluding diaryl/α,β-unsaturated/α-hetero) is 1. The van der Waals surface area contributed by atoms with E-state index in [9.17, 15) is 15.0 Å². The Hall–Kier alpha value is -1.59. The van der Waals surface area contributed by atoms with E-state index in [1.54, 1.807) is 6.07 Å². The predicted molar refractivity (Wildman–Crippen MR) is 101 cm³/mol. The molecule has 0 amide bonds. The van der Waals surface area contributed by atoms with Gasteiger partial charge in [0.15, 0.2) is 23.4 Å². The molecule has 2 aliphatic carbocycles. The first-order chi connectivity index (χ1) is 12.7. The van der Waals surface area contributed by atoms with Crippen molar-refractivity contribution in [3.63, 3.8) is 0 Å². The van der Waals surface area contributed by atoms with Gasteiger partial charge in [0.1, 0.15) is 11.6 Å². The molecule has 1 aromatic carbocycles. The lowest BCUT2D eigenvalue weighted by atomic mass is 9.52. The van der Waals surface area contributed by atoms with Crippen molar-refractivity contribution >= 4 is 5.78 Å². The molecule has 3 fully saturated rings. The van der Waals surface area contributed by atoms with E-state index in [0.29, 0.717) is 25.0 Å². The molecule has 2 saturated carbocycles. The minimum absolute atomic E-state index is 0.0127. The summed E-state index contributed by atoms with van der Waals surface area (Å²) in [5.74, 6) is 1.32. The Bertz CT molecular complexity index is 834. The first-order valence-corrected chi connectivity index (χ1v) is 10.3. The van der Waals surface area contributed by atoms with Gasteiger partial charge in [0, 0.05) is 24.3 Å². The smallest absolute Gasteiger partial charge is 0.174 e. The van der Waals surface area contributed by atoms with Gasteiger partial charge in [-0.05, 0) is 44.7 Å². The second-order valence-corrected chi connectivity index (χ2v) is 9.72. The maximum absolute atomic E-state index is 12.9. The van der Waals surface area contributed by atoms with Crippen molar-refractivity contribution in [3.05, 3.63) is 23.3 Å². The van der Waals surface area contributed by atoms with E-state index in [4.69, 9.17) is 4.74 Å². The van der Waals surface area contributed by atoms with Crippen LogP contribution in [0.15, 0.2) is 12.1 Å². The molecular formula is C22H30NO4+. The van der Waals surface area contributed by atoms with Crippen molar-refractivity contribution in [1.82, 2.24) is 0 Å². The number of nitrogens with zero attached hydrogens (tertiary/aromatic N) is 1. The number of ether oxygens (including phenoxy) is 1. The lowest BCUT2D eigenvalue weighted by Crippen LogP contribution is -2.78. The van der Waals surface area contributed by atoms with Gasteiger partial charge in [0.25, 0.3) is 0 Å². The number of aryl methyl sites for hydroxylation is 1. The number of fused-ring (bicyclic) bond motifs is 1. The number of likely N-dealkylation sites (tertiary alicyclic amines) is 1. The van der Waals surface area contributed by atoms with Crippen LogP contribution in [0.2, 0.25) is 0 Å². The molecule has 5 atom stereocenters. The van der Waals surface area contributed by atoms with Gasteiger partial charge >= 0.3 is 0 Å². The number of quaternary nitrogens is 1. The van der Waals surface area contributed by atoms with E-state index >= 15 is 0 Å². The van der Waals surface area contributed by atoms with Crippen LogP contribution in [-0.4, -0.2) is 58.4 Å². The van der Waals surface area contributed by atoms with Crippen molar-refractivity contribution in [3.8, 4) is 11.5 Å². The Morgan fingerprint density at radius 3 is 2.74 bits per heavy atom. The number of aliphatic hydroxyl groups is 1. The van der Waals surface area contributed by atoms with E-state index in [-0.39, 0.29) is 17.6 Å². The summed E-state index contributed by atoms with van der Waals surface area (Å²) in [5.41, 5.74) is 0.0925. The van der Waals surface area contributed by atoms with Crippen LogP contribution >= 0.6 is 0 Å². The van der Waals surface area contributed by atoms with E-state index in [2.05, 4.69) is 14.0 Å². The van der Waals surface area contributed by atoms with Crippen LogP contribution in [0.4, 0.5) is 0 Å². The van der Waals surface area contributed by atoms with Gasteiger partial charge in [0.2, 0.25) is 0 Å². The Morgan fingerprint density at radius 1 is 1.30 bits per heavy atom. The highest BCUT2D eigenvalue weighted by atomic mass is 16.5. The number of phenols is 1. The Labute approximate surface area is 160 Å². The molecule has 2 aliphatic heterocycles. The van der Waals surface area contributed by atoms with Gasteiger partial charge < -0.3 is 19.4 Å². The van der Waals surface area contributed by atoms with Crippen LogP contribution in [0.5, 0.6) is 11.5 Å². The second kappa shape index (κ2) is 5.26. The summed E-state index contributed by atoms with van der Waals surface area (Å²) in [4.78, 5) is 12.9. The summed E-state index contributed by atoms with van der Waals surface area (Å²) in [6.07, 6.45) is 3.43. The minimum atomic E-state index is -1.02. The van der Waals surface area contributed by atoms with Crippen molar-refractivity contribution in [2.24, 2.45) is 5.92 Å². The molecule has 0 radical (unpaired) electrons. The maximum Gasteiger partial charge on any atom is 0.174 e. The number of benzene rings is 1. The van der Waals surface area contributed by atoms with E-state index in [0.717, 1.165) is 34.6 Å². The molecule has 5 nitrogen and oxygen atoms in total. The lowest BCUT2D eigenvalue weighted by molar-refractivity contribution is -0.948. The van der Waals surface area contributed by atoms with Crippen LogP contribution in [0.25, 0.3) is 0 Å². The zero-order valence-electron chi connectivity index (χ0n) is 16.5. The Morgan fingerprint density at radius 2 is 2.04 bits per heavy atom. The molecule has 4 aliphatic rings. The van der Waals surface area contributed by atoms with Crippen LogP contribution < -0.4 is 4.74 Å². The number of rotatable bonds is 2. The number of carbonyl (C=O) groups excluding carboxylic acids is 1. The molecule has 146 valence electrons. The highest BCUT2D eigenvalue weighted by molar-refractivity contribution is 5.89. The van der Waals surface area contributed by atoms with Gasteiger partial charge in [-0.2, -0.15) is 0 Å². The quantitative estimate of drug-likeness (QED) is 0.783. The topological polar surface area (TPSA) is 66.8 Å². The number of hydrogen-bond donors (Lipinski definition) is 2. The van der Waals surface area contributed by atoms with Crippen molar-refractivity contribution in [1.29, 1.82) is 0 Å². The van der Waals surface area contributed by atoms with Gasteiger partial charge in [-0.3, -0.25) is 4.79 Å². The molecule has 1 aromatic rings. The molecule has 5 rings (SSSR count). The molecule has 2 heterocycles. The van der Waals surface area contributed by atoms with Gasteiger partial charge in [-0.1, -0.05) is 6.07 Å². The summed E-state index contributed by atoms with van der Waals surface area (Å²) >= 11 is 0. The van der Waals surface area contributed by atoms with Crippen molar-refractivity contribution < 1.29 is 24.2 Å². The summed E-state index contributed by atoms with van der Waals surface area (Å²) in [5, 5.41) is 22.7. The van der Waals surface area contributed by atoms with Crippen LogP contribution in [0, 0.1) is 12.8 Å². The number of hydrogen-bond acceptors (Lipinski definition) is 4. The molecule has 5 heteroatoms. The zero-order chi connectivity index (χ0) is 19.2. The zero-order valence-corrected chi connectivity index (χ0v) is 16.5. The van der Waals surface area contributed by atoms with Gasteiger partial charge in [0.05, 0.1) is 25.6 Å². The second-order valence-electron chi connectivity index (χ2n) is 9.72. The first-order valence-electron chi connectivity index (χ1n) is 10.3. The summed E-state index contributed by atoms with van der Waals surface area (Å²) in [6.45, 7) is 6.18. The standard InChI is InChI=1S/C22H29NO4/c1-13-4-7-16(24)19-18(13)21-10-11-23(3,12-15-5-6-15)14(2)22(21,26)9-8-17(25)20(21)27-19/h4,7,14-15,20,26H,5-6,8-12H2,1-3H3/p+1/t14?,20?,21?,22-,23?/m1/s1. The van der Waals surface area contributed by atoms with Crippen molar-refractivity contribution in [2.45, 2.75) is 69.1 Å². The first kappa shape index (κ1) is 17.5. The van der Waals surface area contributed by atoms with Crippen molar-refractivity contribution in [2.75, 3.05) is 20.1 Å². The number of phenolic OH excluding ortho intramolecular Hbond substituents is 1. The number of carbonyl (C=O) groups is 1. The number of ketones is 1. The summed E-state index contributed by atoms with van der Waals surface area (Å²) in [7, 11) is 2.27. The van der Waals surface area contributed by atoms with Gasteiger partial charge in [-0.25, -0.2) is 0 Å². The largest absolute Gasteiger partial charge is 0.504 e. The molecular weight excluding hydrogens is 342 g/mol. The average molecular weight is 372 g/mol. The number of likely N-dealkylation sites (N-methyl/N-ethyl adjacent to an activating group) is 1. The third-order valence-electron chi connectivity index (χ3n) is 8.31. The predicted octanol–water partition coefficient (Wildman–Crippen LogP) is 2.44. The fraction of sp³-hybridized carbons (Fsp3) is 0.682. The summed E-state index contributed by atoms with van der Waals surface area (Å²) < 4.78 is 6.96. The fourth-order valence-electron chi connectivity index (χ4n) is 6.48. The van der Waals surface area contributed by atoms with E-state index in [1.807, 2.05) is 13.0 Å². The molecule has 27 heavy (non-hydrogen) atoms. The molecule has 1 saturated heterocycles. The van der Waals surface area contributed by atoms with Crippen LogP contribution in [0.3, 0.4) is 0 Å². The summed E-state index contributed by atoms with van der Waals surface area (Å²) in [6, 6.07) is 3.52. The Kier molecular flexibility index (Phi) is 3.41. The monoisotopic (exact) mass is 372 g/mol. The third-order valence-corrected chi connectivity index (χ3v) is 8.31. The molecule has 2 N–H and O–H groups in total. The van der Waals surface area contributed by atoms with Crippen LogP contribution in [-0.2, 0) is 10.2 Å². The Balaban J connectivity index is 1.69. The maximum atomic E-state index is 12.9. The SMILES string of the molecule is Cc1ccc(O)c2c1C13CC[N+](C)(CC4CC4)C(C)[C@]1(O)CCC(=O)C3O2. The third kappa shape index (κ3) is 2.05. The normalized spacial score (nSPS) is 42.9. The molecule has 0 bridgehead atoms. The van der Waals surface area contributed by atoms with Crippen LogP contribution in [0.1, 0.15) is 50.2 Å².